The molecule has 0 unspecified atom stereocenters. The molecule has 2 N–H and O–H groups in total. The number of amides is 1. The van der Waals surface area contributed by atoms with E-state index in [1.807, 2.05) is 42.5 Å². The number of hydrogen-bond acceptors (Lipinski definition) is 4. The van der Waals surface area contributed by atoms with E-state index in [2.05, 4.69) is 38.1 Å². The molecule has 21 heavy (non-hydrogen) atoms. The van der Waals surface area contributed by atoms with E-state index in [1.54, 1.807) is 0 Å². The smallest absolute Gasteiger partial charge is 0.269 e. The van der Waals surface area contributed by atoms with Gasteiger partial charge in [0.15, 0.2) is 0 Å². The lowest BCUT2D eigenvalue weighted by molar-refractivity contribution is -0.115. The minimum Gasteiger partial charge on any atom is -0.292 e. The lowest BCUT2D eigenvalue weighted by atomic mass is 10.0. The first-order valence-corrected chi connectivity index (χ1v) is 6.49. The van der Waals surface area contributed by atoms with Gasteiger partial charge in [0, 0.05) is 0 Å². The minimum absolute atomic E-state index is 0.177. The average Bonchev–Trinajstić information content (AvgIpc) is 3.02. The summed E-state index contributed by atoms with van der Waals surface area (Å²) in [4.78, 5) is 11.8. The van der Waals surface area contributed by atoms with Gasteiger partial charge in [-0.1, -0.05) is 59.7 Å². The average molecular weight is 279 g/mol. The van der Waals surface area contributed by atoms with Crippen LogP contribution in [0, 0.1) is 0 Å². The monoisotopic (exact) mass is 279 g/mol. The molecule has 0 aliphatic rings. The van der Waals surface area contributed by atoms with E-state index in [-0.39, 0.29) is 18.3 Å². The molecule has 1 amide bonds. The third-order valence-electron chi connectivity index (χ3n) is 3.02. The number of benzene rings is 2. The maximum absolute atomic E-state index is 11.8. The van der Waals surface area contributed by atoms with E-state index in [0.717, 1.165) is 16.7 Å². The van der Waals surface area contributed by atoms with Gasteiger partial charge in [-0.3, -0.25) is 10.1 Å². The third-order valence-corrected chi connectivity index (χ3v) is 3.02. The molecule has 6 nitrogen and oxygen atoms in total. The molecule has 0 atom stereocenters. The molecule has 2 aromatic carbocycles. The van der Waals surface area contributed by atoms with E-state index in [9.17, 15) is 4.79 Å². The Morgan fingerprint density at radius 2 is 1.71 bits per heavy atom. The van der Waals surface area contributed by atoms with Gasteiger partial charge < -0.3 is 0 Å². The summed E-state index contributed by atoms with van der Waals surface area (Å²) in [5.41, 5.74) is 3.20. The molecule has 0 fully saturated rings. The highest BCUT2D eigenvalue weighted by Crippen LogP contribution is 2.19. The van der Waals surface area contributed by atoms with Crippen molar-refractivity contribution in [2.75, 3.05) is 5.32 Å². The van der Waals surface area contributed by atoms with Crippen molar-refractivity contribution in [2.24, 2.45) is 0 Å². The Morgan fingerprint density at radius 3 is 2.38 bits per heavy atom. The summed E-state index contributed by atoms with van der Waals surface area (Å²) in [7, 11) is 0. The summed E-state index contributed by atoms with van der Waals surface area (Å²) < 4.78 is 0. The predicted molar refractivity (Wildman–Crippen MR) is 78.4 cm³/mol. The number of carbonyl (C=O) groups excluding carboxylic acids is 1. The lowest BCUT2D eigenvalue weighted by Gasteiger charge is -2.04. The number of nitrogens with one attached hydrogen (secondary N) is 2. The van der Waals surface area contributed by atoms with Crippen LogP contribution in [-0.4, -0.2) is 26.5 Å². The number of anilines is 1. The van der Waals surface area contributed by atoms with E-state index in [4.69, 9.17) is 0 Å². The van der Waals surface area contributed by atoms with E-state index in [0.29, 0.717) is 0 Å². The summed E-state index contributed by atoms with van der Waals surface area (Å²) >= 11 is 0. The molecule has 0 spiro atoms. The topological polar surface area (TPSA) is 83.6 Å². The van der Waals surface area contributed by atoms with Crippen molar-refractivity contribution < 1.29 is 4.79 Å². The van der Waals surface area contributed by atoms with Gasteiger partial charge in [0.25, 0.3) is 5.95 Å². The number of hydrogen-bond donors (Lipinski definition) is 2. The van der Waals surface area contributed by atoms with Gasteiger partial charge >= 0.3 is 0 Å². The quantitative estimate of drug-likeness (QED) is 0.765. The van der Waals surface area contributed by atoms with Crippen LogP contribution in [0.3, 0.4) is 0 Å². The predicted octanol–water partition coefficient (Wildman–Crippen LogP) is 2.05. The zero-order chi connectivity index (χ0) is 14.5. The number of nitrogens with zero attached hydrogens (tertiary/aromatic N) is 3. The van der Waals surface area contributed by atoms with Crippen molar-refractivity contribution in [1.29, 1.82) is 0 Å². The maximum Gasteiger partial charge on any atom is 0.269 e. The Bertz CT molecular complexity index is 708. The van der Waals surface area contributed by atoms with Gasteiger partial charge in [0.2, 0.25) is 5.91 Å². The molecule has 6 heteroatoms. The van der Waals surface area contributed by atoms with Crippen LogP contribution in [0.25, 0.3) is 11.1 Å². The van der Waals surface area contributed by atoms with Gasteiger partial charge in [0.1, 0.15) is 0 Å². The van der Waals surface area contributed by atoms with Crippen LogP contribution >= 0.6 is 0 Å². The van der Waals surface area contributed by atoms with Crippen molar-refractivity contribution in [3.05, 3.63) is 60.2 Å². The summed E-state index contributed by atoms with van der Waals surface area (Å²) in [6, 6.07) is 18.0. The number of rotatable bonds is 4. The summed E-state index contributed by atoms with van der Waals surface area (Å²) in [6.07, 6.45) is 0.267. The van der Waals surface area contributed by atoms with Crippen molar-refractivity contribution in [3.63, 3.8) is 0 Å². The fourth-order valence-electron chi connectivity index (χ4n) is 2.01. The Kier molecular flexibility index (Phi) is 3.68. The van der Waals surface area contributed by atoms with Gasteiger partial charge in [-0.15, -0.1) is 5.10 Å². The number of carbonyl (C=O) groups is 1. The van der Waals surface area contributed by atoms with Crippen LogP contribution in [0.5, 0.6) is 0 Å². The molecular formula is C15H13N5O. The lowest BCUT2D eigenvalue weighted by Crippen LogP contribution is -2.15. The largest absolute Gasteiger partial charge is 0.292 e. The molecule has 0 saturated carbocycles. The summed E-state index contributed by atoms with van der Waals surface area (Å²) in [5, 5.41) is 15.6. The normalized spacial score (nSPS) is 10.3. The highest BCUT2D eigenvalue weighted by molar-refractivity contribution is 5.90. The van der Waals surface area contributed by atoms with Gasteiger partial charge in [-0.2, -0.15) is 5.21 Å². The molecule has 1 aromatic heterocycles. The summed E-state index contributed by atoms with van der Waals surface area (Å²) in [6.45, 7) is 0. The minimum atomic E-state index is -0.177. The Labute approximate surface area is 121 Å². The van der Waals surface area contributed by atoms with Gasteiger partial charge in [0.05, 0.1) is 6.42 Å². The second-order valence-electron chi connectivity index (χ2n) is 4.52. The molecule has 104 valence electrons. The number of aromatic amines is 1. The molecule has 0 aliphatic heterocycles. The molecule has 3 aromatic rings. The zero-order valence-corrected chi connectivity index (χ0v) is 11.2. The second kappa shape index (κ2) is 5.96. The van der Waals surface area contributed by atoms with Crippen LogP contribution in [0.1, 0.15) is 5.56 Å². The number of tetrazole rings is 1. The van der Waals surface area contributed by atoms with Crippen molar-refractivity contribution >= 4 is 11.9 Å². The Hall–Kier alpha value is -3.02. The van der Waals surface area contributed by atoms with Crippen molar-refractivity contribution in [2.45, 2.75) is 6.42 Å². The molecule has 0 bridgehead atoms. The van der Waals surface area contributed by atoms with Gasteiger partial charge in [-0.25, -0.2) is 0 Å². The molecular weight excluding hydrogens is 266 g/mol. The Morgan fingerprint density at radius 1 is 1.00 bits per heavy atom. The van der Waals surface area contributed by atoms with Gasteiger partial charge in [-0.05, 0) is 21.9 Å². The zero-order valence-electron chi connectivity index (χ0n) is 11.2. The van der Waals surface area contributed by atoms with Crippen LogP contribution in [0.2, 0.25) is 0 Å². The molecule has 1 heterocycles. The number of H-pyrrole nitrogens is 1. The van der Waals surface area contributed by atoms with Crippen LogP contribution < -0.4 is 5.32 Å². The molecule has 0 aliphatic carbocycles. The molecule has 3 rings (SSSR count). The SMILES string of the molecule is O=C(Cc1ccc(-c2ccccc2)cc1)Nc1nn[nH]n1. The first kappa shape index (κ1) is 13.0. The highest BCUT2D eigenvalue weighted by Gasteiger charge is 2.07. The van der Waals surface area contributed by atoms with E-state index in [1.165, 1.54) is 0 Å². The van der Waals surface area contributed by atoms with E-state index < -0.39 is 0 Å². The highest BCUT2D eigenvalue weighted by atomic mass is 16.1. The molecule has 0 saturated heterocycles. The standard InChI is InChI=1S/C15H13N5O/c21-14(16-15-17-19-20-18-15)10-11-6-8-13(9-7-11)12-4-2-1-3-5-12/h1-9H,10H2,(H2,16,17,18,19,20,21). The first-order chi connectivity index (χ1) is 10.3. The Balaban J connectivity index is 1.66. The number of aromatic nitrogens is 4. The fourth-order valence-corrected chi connectivity index (χ4v) is 2.01. The second-order valence-corrected chi connectivity index (χ2v) is 4.52. The van der Waals surface area contributed by atoms with Crippen molar-refractivity contribution in [1.82, 2.24) is 20.6 Å². The third kappa shape index (κ3) is 3.30. The summed E-state index contributed by atoms with van der Waals surface area (Å²) in [5.74, 6) is 0.00441. The maximum atomic E-state index is 11.8. The first-order valence-electron chi connectivity index (χ1n) is 6.49. The fraction of sp³-hybridized carbons (Fsp3) is 0.0667. The van der Waals surface area contributed by atoms with Crippen molar-refractivity contribution in [3.8, 4) is 11.1 Å². The van der Waals surface area contributed by atoms with Crippen LogP contribution in [-0.2, 0) is 11.2 Å². The van der Waals surface area contributed by atoms with Crippen LogP contribution in [0.4, 0.5) is 5.95 Å². The molecule has 0 radical (unpaired) electrons. The van der Waals surface area contributed by atoms with Crippen LogP contribution in [0.15, 0.2) is 54.6 Å². The van der Waals surface area contributed by atoms with E-state index >= 15 is 0 Å².